The summed E-state index contributed by atoms with van der Waals surface area (Å²) in [5.41, 5.74) is 6.69. The third-order valence-corrected chi connectivity index (χ3v) is 8.62. The van der Waals surface area contributed by atoms with Crippen LogP contribution in [-0.2, 0) is 0 Å². The van der Waals surface area contributed by atoms with Gasteiger partial charge < -0.3 is 0 Å². The van der Waals surface area contributed by atoms with E-state index in [0.717, 1.165) is 22.4 Å². The molecule has 0 spiro atoms. The molecule has 2 heterocycles. The van der Waals surface area contributed by atoms with Crippen molar-refractivity contribution >= 4 is 64.9 Å². The Hall–Kier alpha value is -5.60. The molecule has 0 bridgehead atoms. The molecule has 0 unspecified atom stereocenters. The van der Waals surface area contributed by atoms with Crippen LogP contribution in [0.15, 0.2) is 146 Å². The number of aryl methyl sites for hydroxylation is 2. The van der Waals surface area contributed by atoms with Crippen LogP contribution in [0.5, 0.6) is 0 Å². The Labute approximate surface area is 256 Å². The fourth-order valence-electron chi connectivity index (χ4n) is 6.58. The molecule has 2 nitrogen and oxygen atoms in total. The van der Waals surface area contributed by atoms with E-state index in [4.69, 9.17) is 9.97 Å². The van der Waals surface area contributed by atoms with E-state index in [9.17, 15) is 0 Å². The first-order valence-electron chi connectivity index (χ1n) is 15.1. The van der Waals surface area contributed by atoms with E-state index in [1.54, 1.807) is 0 Å². The molecule has 0 atom stereocenters. The van der Waals surface area contributed by atoms with E-state index in [1.165, 1.54) is 65.0 Å². The lowest BCUT2D eigenvalue weighted by atomic mass is 9.96. The van der Waals surface area contributed by atoms with Crippen LogP contribution in [0.1, 0.15) is 11.3 Å². The molecule has 0 aliphatic rings. The van der Waals surface area contributed by atoms with E-state index in [0.29, 0.717) is 0 Å². The summed E-state index contributed by atoms with van der Waals surface area (Å²) in [5.74, 6) is 0. The van der Waals surface area contributed by atoms with Gasteiger partial charge in [0.1, 0.15) is 0 Å². The van der Waals surface area contributed by atoms with Crippen LogP contribution in [0.2, 0.25) is 0 Å². The minimum atomic E-state index is 1.02. The van der Waals surface area contributed by atoms with E-state index in [-0.39, 0.29) is 0 Å². The molecule has 44 heavy (non-hydrogen) atoms. The van der Waals surface area contributed by atoms with Crippen molar-refractivity contribution in [3.8, 4) is 11.3 Å². The van der Waals surface area contributed by atoms with Crippen molar-refractivity contribution < 1.29 is 0 Å². The van der Waals surface area contributed by atoms with Crippen LogP contribution in [0, 0.1) is 13.8 Å². The Bertz CT molecular complexity index is 2460. The summed E-state index contributed by atoms with van der Waals surface area (Å²) >= 11 is 0. The number of aromatic nitrogens is 2. The molecular formula is C42H30N2. The maximum absolute atomic E-state index is 5.06. The average Bonchev–Trinajstić information content (AvgIpc) is 3.08. The summed E-state index contributed by atoms with van der Waals surface area (Å²) in [5, 5.41) is 12.6. The predicted molar refractivity (Wildman–Crippen MR) is 188 cm³/mol. The van der Waals surface area contributed by atoms with Crippen LogP contribution in [0.4, 0.5) is 0 Å². The Morgan fingerprint density at radius 3 is 1.25 bits per heavy atom. The molecule has 7 aromatic carbocycles. The molecule has 0 radical (unpaired) electrons. The molecule has 0 saturated carbocycles. The van der Waals surface area contributed by atoms with Gasteiger partial charge in [-0.1, -0.05) is 127 Å². The standard InChI is InChI=1S/C24H17N.C18H13N/c1-16-7-6-8-17(15-16)23-14-13-22-20-11-3-2-9-18(20)19-10-4-5-12-21(19)24(22)25-23;1-12-10-11-17-15-8-3-2-6-13(15)14-7-4-5-9-16(14)18(17)19-12/h2-15H,1H3;2-11H,1H3. The van der Waals surface area contributed by atoms with E-state index < -0.39 is 0 Å². The van der Waals surface area contributed by atoms with Crippen LogP contribution >= 0.6 is 0 Å². The highest BCUT2D eigenvalue weighted by Crippen LogP contribution is 2.36. The van der Waals surface area contributed by atoms with Crippen LogP contribution in [0.25, 0.3) is 76.2 Å². The van der Waals surface area contributed by atoms with E-state index in [1.807, 2.05) is 6.92 Å². The van der Waals surface area contributed by atoms with Crippen molar-refractivity contribution in [3.63, 3.8) is 0 Å². The number of nitrogens with zero attached hydrogens (tertiary/aromatic N) is 2. The molecule has 0 aliphatic heterocycles. The van der Waals surface area contributed by atoms with Crippen molar-refractivity contribution in [3.05, 3.63) is 157 Å². The first-order valence-corrected chi connectivity index (χ1v) is 15.1. The molecule has 9 rings (SSSR count). The zero-order valence-corrected chi connectivity index (χ0v) is 24.8. The van der Waals surface area contributed by atoms with Gasteiger partial charge >= 0.3 is 0 Å². The smallest absolute Gasteiger partial charge is 0.0794 e. The third-order valence-electron chi connectivity index (χ3n) is 8.62. The van der Waals surface area contributed by atoms with Crippen LogP contribution < -0.4 is 0 Å². The van der Waals surface area contributed by atoms with Crippen LogP contribution in [-0.4, -0.2) is 9.97 Å². The second-order valence-corrected chi connectivity index (χ2v) is 11.5. The average molecular weight is 563 g/mol. The van der Waals surface area contributed by atoms with Crippen molar-refractivity contribution in [2.45, 2.75) is 13.8 Å². The lowest BCUT2D eigenvalue weighted by Gasteiger charge is -2.11. The van der Waals surface area contributed by atoms with Gasteiger partial charge in [-0.3, -0.25) is 4.98 Å². The number of pyridine rings is 2. The summed E-state index contributed by atoms with van der Waals surface area (Å²) in [6.45, 7) is 4.16. The summed E-state index contributed by atoms with van der Waals surface area (Å²) in [4.78, 5) is 9.82. The monoisotopic (exact) mass is 562 g/mol. The maximum atomic E-state index is 5.06. The number of hydrogen-bond donors (Lipinski definition) is 0. The first-order chi connectivity index (χ1) is 21.7. The normalized spacial score (nSPS) is 11.4. The zero-order valence-electron chi connectivity index (χ0n) is 24.8. The quantitative estimate of drug-likeness (QED) is 0.186. The van der Waals surface area contributed by atoms with Gasteiger partial charge in [0.2, 0.25) is 0 Å². The third kappa shape index (κ3) is 4.35. The molecule has 0 aliphatic carbocycles. The maximum Gasteiger partial charge on any atom is 0.0794 e. The highest BCUT2D eigenvalue weighted by atomic mass is 14.7. The van der Waals surface area contributed by atoms with Gasteiger partial charge in [-0.25, -0.2) is 4.98 Å². The Kier molecular flexibility index (Phi) is 6.27. The van der Waals surface area contributed by atoms with E-state index in [2.05, 4.69) is 153 Å². The topological polar surface area (TPSA) is 25.8 Å². The minimum Gasteiger partial charge on any atom is -0.252 e. The van der Waals surface area contributed by atoms with Gasteiger partial charge in [0.05, 0.1) is 16.7 Å². The van der Waals surface area contributed by atoms with Gasteiger partial charge in [0, 0.05) is 32.8 Å². The molecule has 2 aromatic heterocycles. The summed E-state index contributed by atoms with van der Waals surface area (Å²) in [6.07, 6.45) is 0. The molecule has 0 saturated heterocycles. The summed E-state index contributed by atoms with van der Waals surface area (Å²) in [6, 6.07) is 51.4. The second kappa shape index (κ2) is 10.6. The Morgan fingerprint density at radius 2 is 0.750 bits per heavy atom. The summed E-state index contributed by atoms with van der Waals surface area (Å²) < 4.78 is 0. The highest BCUT2D eigenvalue weighted by molar-refractivity contribution is 6.25. The van der Waals surface area contributed by atoms with Crippen LogP contribution in [0.3, 0.4) is 0 Å². The molecular weight excluding hydrogens is 532 g/mol. The number of hydrogen-bond acceptors (Lipinski definition) is 2. The summed E-state index contributed by atoms with van der Waals surface area (Å²) in [7, 11) is 0. The Balaban J connectivity index is 0.000000136. The zero-order chi connectivity index (χ0) is 29.6. The minimum absolute atomic E-state index is 1.02. The van der Waals surface area contributed by atoms with Crippen molar-refractivity contribution in [2.24, 2.45) is 0 Å². The molecule has 9 aromatic rings. The van der Waals surface area contributed by atoms with Gasteiger partial charge in [0.15, 0.2) is 0 Å². The predicted octanol–water partition coefficient (Wildman–Crippen LogP) is 11.4. The molecule has 0 amide bonds. The van der Waals surface area contributed by atoms with Gasteiger partial charge in [-0.2, -0.15) is 0 Å². The molecule has 0 N–H and O–H groups in total. The molecule has 2 heteroatoms. The van der Waals surface area contributed by atoms with Gasteiger partial charge in [0.25, 0.3) is 0 Å². The number of fused-ring (bicyclic) bond motifs is 12. The Morgan fingerprint density at radius 1 is 0.341 bits per heavy atom. The van der Waals surface area contributed by atoms with Crippen molar-refractivity contribution in [2.75, 3.05) is 0 Å². The lowest BCUT2D eigenvalue weighted by molar-refractivity contribution is 1.26. The number of rotatable bonds is 1. The van der Waals surface area contributed by atoms with E-state index >= 15 is 0 Å². The SMILES string of the molecule is Cc1ccc2c3ccccc3c3ccccc3c2n1.Cc1cccc(-c2ccc3c4ccccc4c4ccccc4c3n2)c1. The number of benzene rings is 7. The fourth-order valence-corrected chi connectivity index (χ4v) is 6.58. The second-order valence-electron chi connectivity index (χ2n) is 11.5. The largest absolute Gasteiger partial charge is 0.252 e. The van der Waals surface area contributed by atoms with Crippen molar-refractivity contribution in [1.29, 1.82) is 0 Å². The highest BCUT2D eigenvalue weighted by Gasteiger charge is 2.11. The molecule has 0 fully saturated rings. The van der Waals surface area contributed by atoms with Gasteiger partial charge in [-0.15, -0.1) is 0 Å². The molecule has 208 valence electrons. The van der Waals surface area contributed by atoms with Gasteiger partial charge in [-0.05, 0) is 70.4 Å². The first kappa shape index (κ1) is 26.1. The van der Waals surface area contributed by atoms with Crippen molar-refractivity contribution in [1.82, 2.24) is 9.97 Å². The lowest BCUT2D eigenvalue weighted by Crippen LogP contribution is -1.89. The fraction of sp³-hybridized carbons (Fsp3) is 0.0476.